The van der Waals surface area contributed by atoms with Crippen LogP contribution in [0.15, 0.2) is 42.5 Å². The average molecular weight is 425 g/mol. The second-order valence-corrected chi connectivity index (χ2v) is 8.19. The number of rotatable bonds is 11. The zero-order valence-corrected chi connectivity index (χ0v) is 19.5. The molecule has 1 atom stereocenters. The van der Waals surface area contributed by atoms with Gasteiger partial charge in [-0.1, -0.05) is 56.2 Å². The van der Waals surface area contributed by atoms with Crippen molar-refractivity contribution in [2.24, 2.45) is 0 Å². The van der Waals surface area contributed by atoms with E-state index in [0.29, 0.717) is 25.3 Å². The Morgan fingerprint density at radius 1 is 1.00 bits per heavy atom. The molecule has 0 saturated heterocycles. The molecule has 0 radical (unpaired) electrons. The number of carbonyl (C=O) groups is 2. The minimum absolute atomic E-state index is 0.104. The van der Waals surface area contributed by atoms with Crippen LogP contribution < -0.4 is 10.1 Å². The molecule has 168 valence electrons. The van der Waals surface area contributed by atoms with E-state index in [-0.39, 0.29) is 18.4 Å². The van der Waals surface area contributed by atoms with E-state index in [0.717, 1.165) is 35.1 Å². The Morgan fingerprint density at radius 3 is 2.32 bits per heavy atom. The molecule has 0 heterocycles. The summed E-state index contributed by atoms with van der Waals surface area (Å²) < 4.78 is 5.82. The minimum atomic E-state index is -0.535. The molecule has 5 heteroatoms. The van der Waals surface area contributed by atoms with E-state index in [9.17, 15) is 9.59 Å². The van der Waals surface area contributed by atoms with Gasteiger partial charge in [-0.3, -0.25) is 9.59 Å². The van der Waals surface area contributed by atoms with E-state index < -0.39 is 6.04 Å². The lowest BCUT2D eigenvalue weighted by Crippen LogP contribution is -2.50. The van der Waals surface area contributed by atoms with Crippen LogP contribution in [0.3, 0.4) is 0 Å². The molecule has 0 unspecified atom stereocenters. The summed E-state index contributed by atoms with van der Waals surface area (Å²) in [6, 6.07) is 13.4. The van der Waals surface area contributed by atoms with Crippen LogP contribution in [0, 0.1) is 20.8 Å². The Balaban J connectivity index is 2.19. The average Bonchev–Trinajstić information content (AvgIpc) is 2.71. The first-order valence-electron chi connectivity index (χ1n) is 11.2. The number of nitrogens with zero attached hydrogens (tertiary/aromatic N) is 1. The predicted octanol–water partition coefficient (Wildman–Crippen LogP) is 4.71. The van der Waals surface area contributed by atoms with Crippen molar-refractivity contribution < 1.29 is 14.3 Å². The van der Waals surface area contributed by atoms with Crippen LogP contribution in [0.4, 0.5) is 0 Å². The predicted molar refractivity (Wildman–Crippen MR) is 125 cm³/mol. The van der Waals surface area contributed by atoms with Crippen molar-refractivity contribution in [3.63, 3.8) is 0 Å². The molecule has 0 bridgehead atoms. The van der Waals surface area contributed by atoms with Crippen molar-refractivity contribution in [3.8, 4) is 5.75 Å². The number of unbranched alkanes of at least 4 members (excludes halogenated alkanes) is 1. The quantitative estimate of drug-likeness (QED) is 0.531. The number of ether oxygens (including phenoxy) is 1. The molecule has 2 aromatic carbocycles. The van der Waals surface area contributed by atoms with E-state index >= 15 is 0 Å². The Kier molecular flexibility index (Phi) is 9.57. The third kappa shape index (κ3) is 7.74. The summed E-state index contributed by atoms with van der Waals surface area (Å²) in [7, 11) is 0. The first-order valence-corrected chi connectivity index (χ1v) is 11.2. The third-order valence-corrected chi connectivity index (χ3v) is 5.21. The Labute approximate surface area is 186 Å². The number of hydrogen-bond donors (Lipinski definition) is 1. The van der Waals surface area contributed by atoms with E-state index in [2.05, 4.69) is 18.3 Å². The van der Waals surface area contributed by atoms with Crippen LogP contribution in [0.25, 0.3) is 0 Å². The highest BCUT2D eigenvalue weighted by Crippen LogP contribution is 2.18. The molecule has 0 spiro atoms. The Hall–Kier alpha value is -2.82. The zero-order valence-electron chi connectivity index (χ0n) is 19.5. The highest BCUT2D eigenvalue weighted by Gasteiger charge is 2.28. The van der Waals surface area contributed by atoms with Crippen molar-refractivity contribution in [2.75, 3.05) is 13.2 Å². The second-order valence-electron chi connectivity index (χ2n) is 8.19. The summed E-state index contributed by atoms with van der Waals surface area (Å²) in [5.74, 6) is 0.364. The van der Waals surface area contributed by atoms with Crippen LogP contribution in [-0.2, 0) is 16.1 Å². The van der Waals surface area contributed by atoms with Crippen molar-refractivity contribution >= 4 is 11.8 Å². The molecule has 0 saturated carbocycles. The van der Waals surface area contributed by atoms with Crippen LogP contribution in [0.5, 0.6) is 5.75 Å². The molecular formula is C26H36N2O3. The van der Waals surface area contributed by atoms with Gasteiger partial charge < -0.3 is 15.0 Å². The zero-order chi connectivity index (χ0) is 22.8. The van der Waals surface area contributed by atoms with Gasteiger partial charge in [-0.25, -0.2) is 0 Å². The lowest BCUT2D eigenvalue weighted by molar-refractivity contribution is -0.143. The molecule has 1 N–H and O–H groups in total. The fraction of sp³-hybridized carbons (Fsp3) is 0.462. The Bertz CT molecular complexity index is 858. The standard InChI is InChI=1S/C26H36N2O3/c1-6-8-12-27-26(30)24(7-2)28(17-22-11-9-10-19(3)14-22)25(29)18-31-23-15-20(4)13-21(5)16-23/h9-11,13-16,24H,6-8,12,17-18H2,1-5H3,(H,27,30)/t24-/m1/s1. The number of benzene rings is 2. The topological polar surface area (TPSA) is 58.6 Å². The maximum absolute atomic E-state index is 13.2. The largest absolute Gasteiger partial charge is 0.484 e. The first kappa shape index (κ1) is 24.4. The van der Waals surface area contributed by atoms with E-state index in [1.54, 1.807) is 4.90 Å². The summed E-state index contributed by atoms with van der Waals surface area (Å²) in [6.07, 6.45) is 2.47. The Morgan fingerprint density at radius 2 is 1.71 bits per heavy atom. The SMILES string of the molecule is CCCCNC(=O)[C@@H](CC)N(Cc1cccc(C)c1)C(=O)COc1cc(C)cc(C)c1. The van der Waals surface area contributed by atoms with Gasteiger partial charge in [0.25, 0.3) is 5.91 Å². The molecule has 0 aliphatic heterocycles. The van der Waals surface area contributed by atoms with Gasteiger partial charge in [0.05, 0.1) is 0 Å². The van der Waals surface area contributed by atoms with Gasteiger partial charge in [-0.15, -0.1) is 0 Å². The highest BCUT2D eigenvalue weighted by molar-refractivity contribution is 5.88. The van der Waals surface area contributed by atoms with Gasteiger partial charge in [0.2, 0.25) is 5.91 Å². The minimum Gasteiger partial charge on any atom is -0.484 e. The summed E-state index contributed by atoms with van der Waals surface area (Å²) in [4.78, 5) is 27.8. The molecule has 0 fully saturated rings. The fourth-order valence-corrected chi connectivity index (χ4v) is 3.68. The molecule has 2 amide bonds. The number of hydrogen-bond acceptors (Lipinski definition) is 3. The summed E-state index contributed by atoms with van der Waals surface area (Å²) in [5.41, 5.74) is 4.29. The second kappa shape index (κ2) is 12.1. The van der Waals surface area contributed by atoms with E-state index in [1.165, 1.54) is 0 Å². The number of aryl methyl sites for hydroxylation is 3. The molecule has 31 heavy (non-hydrogen) atoms. The maximum Gasteiger partial charge on any atom is 0.261 e. The van der Waals surface area contributed by atoms with Crippen LogP contribution >= 0.6 is 0 Å². The maximum atomic E-state index is 13.2. The van der Waals surface area contributed by atoms with Crippen molar-refractivity contribution in [3.05, 3.63) is 64.7 Å². The number of carbonyl (C=O) groups excluding carboxylic acids is 2. The molecule has 0 aliphatic carbocycles. The summed E-state index contributed by atoms with van der Waals surface area (Å²) >= 11 is 0. The smallest absolute Gasteiger partial charge is 0.261 e. The monoisotopic (exact) mass is 424 g/mol. The van der Waals surface area contributed by atoms with E-state index in [1.807, 2.05) is 64.1 Å². The summed E-state index contributed by atoms with van der Waals surface area (Å²) in [6.45, 7) is 10.9. The lowest BCUT2D eigenvalue weighted by atomic mass is 10.1. The van der Waals surface area contributed by atoms with Gasteiger partial charge in [0.15, 0.2) is 6.61 Å². The molecular weight excluding hydrogens is 388 g/mol. The normalized spacial score (nSPS) is 11.6. The molecule has 5 nitrogen and oxygen atoms in total. The molecule has 2 rings (SSSR count). The molecule has 2 aromatic rings. The van der Waals surface area contributed by atoms with Gasteiger partial charge in [0.1, 0.15) is 11.8 Å². The van der Waals surface area contributed by atoms with Crippen molar-refractivity contribution in [2.45, 2.75) is 66.5 Å². The molecule has 0 aromatic heterocycles. The van der Waals surface area contributed by atoms with Crippen molar-refractivity contribution in [1.29, 1.82) is 0 Å². The summed E-state index contributed by atoms with van der Waals surface area (Å²) in [5, 5.41) is 2.98. The van der Waals surface area contributed by atoms with Gasteiger partial charge >= 0.3 is 0 Å². The van der Waals surface area contributed by atoms with Crippen LogP contribution in [0.2, 0.25) is 0 Å². The van der Waals surface area contributed by atoms with Gasteiger partial charge in [-0.2, -0.15) is 0 Å². The molecule has 0 aliphatic rings. The highest BCUT2D eigenvalue weighted by atomic mass is 16.5. The first-order chi connectivity index (χ1) is 14.8. The van der Waals surface area contributed by atoms with Crippen molar-refractivity contribution in [1.82, 2.24) is 10.2 Å². The van der Waals surface area contributed by atoms with Crippen LogP contribution in [0.1, 0.15) is 55.4 Å². The van der Waals surface area contributed by atoms with Gasteiger partial charge in [0, 0.05) is 13.1 Å². The van der Waals surface area contributed by atoms with E-state index in [4.69, 9.17) is 4.74 Å². The van der Waals surface area contributed by atoms with Crippen LogP contribution in [-0.4, -0.2) is 35.9 Å². The van der Waals surface area contributed by atoms with Gasteiger partial charge in [-0.05, 0) is 62.4 Å². The number of amides is 2. The fourth-order valence-electron chi connectivity index (χ4n) is 3.68. The lowest BCUT2D eigenvalue weighted by Gasteiger charge is -2.30. The number of nitrogens with one attached hydrogen (secondary N) is 1. The third-order valence-electron chi connectivity index (χ3n) is 5.21.